The van der Waals surface area contributed by atoms with Crippen molar-refractivity contribution in [1.29, 1.82) is 0 Å². The van der Waals surface area contributed by atoms with Crippen LogP contribution in [0.4, 0.5) is 0 Å². The van der Waals surface area contributed by atoms with Crippen LogP contribution in [0, 0.1) is 12.8 Å². The number of hydrogen-bond donors (Lipinski definition) is 1. The standard InChI is InChI=1S/C23H33N3O2/c1-5-16(3)24-22(27)19-11-13-26(14-12-19)15-21-17(4)28-23(25-21)20-9-7-18(6-2)8-10-20/h7-10,16,19H,5-6,11-15H2,1-4H3,(H,24,27)/t16-/m0/s1. The molecule has 28 heavy (non-hydrogen) atoms. The van der Waals surface area contributed by atoms with Crippen molar-refractivity contribution < 1.29 is 9.21 Å². The number of benzene rings is 1. The first-order valence-electron chi connectivity index (χ1n) is 10.6. The fraction of sp³-hybridized carbons (Fsp3) is 0.565. The smallest absolute Gasteiger partial charge is 0.226 e. The van der Waals surface area contributed by atoms with Gasteiger partial charge in [-0.15, -0.1) is 0 Å². The van der Waals surface area contributed by atoms with E-state index in [-0.39, 0.29) is 17.9 Å². The number of nitrogens with one attached hydrogen (secondary N) is 1. The molecule has 0 spiro atoms. The molecule has 1 aromatic carbocycles. The van der Waals surface area contributed by atoms with Crippen molar-refractivity contribution in [2.75, 3.05) is 13.1 Å². The van der Waals surface area contributed by atoms with Crippen molar-refractivity contribution >= 4 is 5.91 Å². The maximum Gasteiger partial charge on any atom is 0.226 e. The summed E-state index contributed by atoms with van der Waals surface area (Å²) < 4.78 is 5.93. The zero-order chi connectivity index (χ0) is 20.1. The van der Waals surface area contributed by atoms with Crippen LogP contribution in [0.3, 0.4) is 0 Å². The Morgan fingerprint density at radius 2 is 1.93 bits per heavy atom. The van der Waals surface area contributed by atoms with Gasteiger partial charge < -0.3 is 9.73 Å². The first-order chi connectivity index (χ1) is 13.5. The van der Waals surface area contributed by atoms with Gasteiger partial charge in [-0.25, -0.2) is 4.98 Å². The van der Waals surface area contributed by atoms with Crippen molar-refractivity contribution in [3.8, 4) is 11.5 Å². The van der Waals surface area contributed by atoms with Gasteiger partial charge in [0, 0.05) is 24.1 Å². The summed E-state index contributed by atoms with van der Waals surface area (Å²) >= 11 is 0. The van der Waals surface area contributed by atoms with Crippen LogP contribution in [-0.4, -0.2) is 34.9 Å². The van der Waals surface area contributed by atoms with E-state index in [1.807, 2.05) is 6.92 Å². The summed E-state index contributed by atoms with van der Waals surface area (Å²) in [6, 6.07) is 8.67. The van der Waals surface area contributed by atoms with E-state index in [1.165, 1.54) is 5.56 Å². The summed E-state index contributed by atoms with van der Waals surface area (Å²) in [5.41, 5.74) is 3.33. The van der Waals surface area contributed by atoms with Crippen molar-refractivity contribution in [2.24, 2.45) is 5.92 Å². The summed E-state index contributed by atoms with van der Waals surface area (Å²) in [5.74, 6) is 1.92. The number of carbonyl (C=O) groups is 1. The van der Waals surface area contributed by atoms with Crippen LogP contribution in [0.1, 0.15) is 57.1 Å². The van der Waals surface area contributed by atoms with Gasteiger partial charge in [-0.3, -0.25) is 9.69 Å². The summed E-state index contributed by atoms with van der Waals surface area (Å²) in [6.45, 7) is 10.9. The minimum Gasteiger partial charge on any atom is -0.441 e. The molecule has 5 nitrogen and oxygen atoms in total. The predicted molar refractivity (Wildman–Crippen MR) is 112 cm³/mol. The van der Waals surface area contributed by atoms with Crippen LogP contribution in [-0.2, 0) is 17.8 Å². The molecule has 0 aliphatic carbocycles. The number of amides is 1. The van der Waals surface area contributed by atoms with Gasteiger partial charge in [0.25, 0.3) is 0 Å². The fourth-order valence-electron chi connectivity index (χ4n) is 3.61. The highest BCUT2D eigenvalue weighted by Gasteiger charge is 2.26. The van der Waals surface area contributed by atoms with Crippen molar-refractivity contribution in [3.63, 3.8) is 0 Å². The van der Waals surface area contributed by atoms with Gasteiger partial charge in [0.1, 0.15) is 5.76 Å². The monoisotopic (exact) mass is 383 g/mol. The fourth-order valence-corrected chi connectivity index (χ4v) is 3.61. The Hall–Kier alpha value is -2.14. The molecule has 0 bridgehead atoms. The average molecular weight is 384 g/mol. The zero-order valence-corrected chi connectivity index (χ0v) is 17.6. The molecule has 1 atom stereocenters. The van der Waals surface area contributed by atoms with Crippen LogP contribution in [0.2, 0.25) is 0 Å². The Morgan fingerprint density at radius 3 is 2.54 bits per heavy atom. The number of nitrogens with zero attached hydrogens (tertiary/aromatic N) is 2. The first kappa shape index (κ1) is 20.6. The minimum atomic E-state index is 0.135. The van der Waals surface area contributed by atoms with Gasteiger partial charge in [-0.1, -0.05) is 26.0 Å². The summed E-state index contributed by atoms with van der Waals surface area (Å²) in [4.78, 5) is 19.5. The molecule has 2 aromatic rings. The number of rotatable bonds is 7. The molecule has 3 rings (SSSR count). The van der Waals surface area contributed by atoms with Crippen LogP contribution in [0.15, 0.2) is 28.7 Å². The molecule has 1 aliphatic heterocycles. The molecular weight excluding hydrogens is 350 g/mol. The largest absolute Gasteiger partial charge is 0.441 e. The van der Waals surface area contributed by atoms with Crippen molar-refractivity contribution in [2.45, 2.75) is 66.0 Å². The van der Waals surface area contributed by atoms with Crippen LogP contribution in [0.25, 0.3) is 11.5 Å². The van der Waals surface area contributed by atoms with Crippen LogP contribution < -0.4 is 5.32 Å². The van der Waals surface area contributed by atoms with E-state index in [2.05, 4.69) is 55.3 Å². The lowest BCUT2D eigenvalue weighted by Crippen LogP contribution is -2.42. The number of hydrogen-bond acceptors (Lipinski definition) is 4. The topological polar surface area (TPSA) is 58.4 Å². The molecule has 1 fully saturated rings. The Bertz CT molecular complexity index is 774. The maximum absolute atomic E-state index is 12.3. The zero-order valence-electron chi connectivity index (χ0n) is 17.6. The number of aryl methyl sites for hydroxylation is 2. The summed E-state index contributed by atoms with van der Waals surface area (Å²) in [5, 5.41) is 3.12. The van der Waals surface area contributed by atoms with E-state index in [1.54, 1.807) is 0 Å². The van der Waals surface area contributed by atoms with Gasteiger partial charge in [-0.05, 0) is 70.3 Å². The number of likely N-dealkylation sites (tertiary alicyclic amines) is 1. The van der Waals surface area contributed by atoms with Gasteiger partial charge in [0.2, 0.25) is 11.8 Å². The molecule has 152 valence electrons. The van der Waals surface area contributed by atoms with E-state index in [9.17, 15) is 4.79 Å². The lowest BCUT2D eigenvalue weighted by molar-refractivity contribution is -0.127. The van der Waals surface area contributed by atoms with Gasteiger partial charge >= 0.3 is 0 Å². The van der Waals surface area contributed by atoms with E-state index in [0.717, 1.165) is 62.3 Å². The Kier molecular flexibility index (Phi) is 6.89. The van der Waals surface area contributed by atoms with Crippen LogP contribution in [0.5, 0.6) is 0 Å². The molecule has 0 unspecified atom stereocenters. The lowest BCUT2D eigenvalue weighted by atomic mass is 9.95. The predicted octanol–water partition coefficient (Wildman–Crippen LogP) is 4.34. The molecule has 0 saturated carbocycles. The van der Waals surface area contributed by atoms with E-state index < -0.39 is 0 Å². The molecule has 1 aromatic heterocycles. The van der Waals surface area contributed by atoms with E-state index >= 15 is 0 Å². The summed E-state index contributed by atoms with van der Waals surface area (Å²) in [6.07, 6.45) is 3.82. The van der Waals surface area contributed by atoms with E-state index in [0.29, 0.717) is 5.89 Å². The second-order valence-corrected chi connectivity index (χ2v) is 7.94. The molecule has 1 saturated heterocycles. The Morgan fingerprint density at radius 1 is 1.25 bits per heavy atom. The lowest BCUT2D eigenvalue weighted by Gasteiger charge is -2.31. The third kappa shape index (κ3) is 5.02. The molecule has 2 heterocycles. The maximum atomic E-state index is 12.3. The highest BCUT2D eigenvalue weighted by atomic mass is 16.4. The van der Waals surface area contributed by atoms with Crippen LogP contribution >= 0.6 is 0 Å². The molecule has 1 amide bonds. The number of aromatic nitrogens is 1. The summed E-state index contributed by atoms with van der Waals surface area (Å²) in [7, 11) is 0. The average Bonchev–Trinajstić information content (AvgIpc) is 3.08. The van der Waals surface area contributed by atoms with Crippen molar-refractivity contribution in [1.82, 2.24) is 15.2 Å². The van der Waals surface area contributed by atoms with Gasteiger partial charge in [-0.2, -0.15) is 0 Å². The third-order valence-corrected chi connectivity index (χ3v) is 5.83. The molecule has 5 heteroatoms. The van der Waals surface area contributed by atoms with Gasteiger partial charge in [0.15, 0.2) is 0 Å². The number of oxazole rings is 1. The third-order valence-electron chi connectivity index (χ3n) is 5.83. The molecule has 0 radical (unpaired) electrons. The van der Waals surface area contributed by atoms with Crippen molar-refractivity contribution in [3.05, 3.63) is 41.3 Å². The van der Waals surface area contributed by atoms with Gasteiger partial charge in [0.05, 0.1) is 5.69 Å². The molecule has 1 N–H and O–H groups in total. The quantitative estimate of drug-likeness (QED) is 0.773. The molecular formula is C23H33N3O2. The Balaban J connectivity index is 1.56. The second-order valence-electron chi connectivity index (χ2n) is 7.94. The minimum absolute atomic E-state index is 0.135. The number of piperidine rings is 1. The second kappa shape index (κ2) is 9.37. The molecule has 1 aliphatic rings. The van der Waals surface area contributed by atoms with E-state index in [4.69, 9.17) is 9.40 Å². The Labute approximate surface area is 168 Å². The number of carbonyl (C=O) groups excluding carboxylic acids is 1. The highest BCUT2D eigenvalue weighted by molar-refractivity contribution is 5.79. The highest BCUT2D eigenvalue weighted by Crippen LogP contribution is 2.25. The first-order valence-corrected chi connectivity index (χ1v) is 10.6. The SMILES string of the molecule is CCc1ccc(-c2nc(CN3CCC(C(=O)N[C@@H](C)CC)CC3)c(C)o2)cc1. The normalized spacial score (nSPS) is 16.9.